The lowest BCUT2D eigenvalue weighted by Gasteiger charge is -2.22. The van der Waals surface area contributed by atoms with Crippen LogP contribution < -0.4 is 14.8 Å². The van der Waals surface area contributed by atoms with Gasteiger partial charge in [-0.2, -0.15) is 5.10 Å². The maximum absolute atomic E-state index is 12.6. The molecule has 1 atom stereocenters. The highest BCUT2D eigenvalue weighted by Gasteiger charge is 2.26. The third-order valence-electron chi connectivity index (χ3n) is 5.14. The van der Waals surface area contributed by atoms with Crippen molar-refractivity contribution in [3.8, 4) is 11.5 Å². The lowest BCUT2D eigenvalue weighted by molar-refractivity contribution is 0.0383. The number of nitrogens with one attached hydrogen (secondary N) is 1. The lowest BCUT2D eigenvalue weighted by Crippen LogP contribution is -2.31. The molecular formula is C22H21N3O4. The van der Waals surface area contributed by atoms with Crippen LogP contribution in [0.4, 0.5) is 0 Å². The van der Waals surface area contributed by atoms with Crippen LogP contribution in [0.3, 0.4) is 0 Å². The first kappa shape index (κ1) is 17.8. The van der Waals surface area contributed by atoms with Gasteiger partial charge in [-0.05, 0) is 35.7 Å². The molecule has 0 bridgehead atoms. The zero-order valence-corrected chi connectivity index (χ0v) is 15.8. The molecule has 3 aromatic rings. The zero-order chi connectivity index (χ0) is 19.6. The minimum Gasteiger partial charge on any atom is -0.454 e. The van der Waals surface area contributed by atoms with Gasteiger partial charge in [0.15, 0.2) is 11.5 Å². The number of amides is 1. The van der Waals surface area contributed by atoms with Crippen molar-refractivity contribution < 1.29 is 19.0 Å². The molecule has 0 fully saturated rings. The van der Waals surface area contributed by atoms with Gasteiger partial charge in [0.2, 0.25) is 6.79 Å². The van der Waals surface area contributed by atoms with Gasteiger partial charge in [0.05, 0.1) is 18.8 Å². The third kappa shape index (κ3) is 3.69. The molecule has 2 aliphatic rings. The first-order valence-electron chi connectivity index (χ1n) is 9.66. The number of fused-ring (bicyclic) bond motifs is 2. The number of aromatic nitrogens is 2. The molecule has 148 valence electrons. The van der Waals surface area contributed by atoms with Gasteiger partial charge < -0.3 is 19.5 Å². The zero-order valence-electron chi connectivity index (χ0n) is 15.8. The van der Waals surface area contributed by atoms with E-state index in [-0.39, 0.29) is 18.8 Å². The molecule has 7 heteroatoms. The van der Waals surface area contributed by atoms with E-state index >= 15 is 0 Å². The second kappa shape index (κ2) is 7.60. The summed E-state index contributed by atoms with van der Waals surface area (Å²) in [6, 6.07) is 15.4. The highest BCUT2D eigenvalue weighted by Crippen LogP contribution is 2.32. The molecule has 1 unspecified atom stereocenters. The van der Waals surface area contributed by atoms with Crippen molar-refractivity contribution in [3.05, 3.63) is 77.1 Å². The smallest absolute Gasteiger partial charge is 0.251 e. The quantitative estimate of drug-likeness (QED) is 0.724. The normalized spacial score (nSPS) is 17.0. The summed E-state index contributed by atoms with van der Waals surface area (Å²) < 4.78 is 18.5. The molecule has 0 saturated carbocycles. The van der Waals surface area contributed by atoms with Crippen molar-refractivity contribution in [1.29, 1.82) is 0 Å². The summed E-state index contributed by atoms with van der Waals surface area (Å²) in [7, 11) is 0. The summed E-state index contributed by atoms with van der Waals surface area (Å²) in [5.74, 6) is 1.07. The molecule has 0 spiro atoms. The maximum atomic E-state index is 12.6. The van der Waals surface area contributed by atoms with Gasteiger partial charge >= 0.3 is 0 Å². The maximum Gasteiger partial charge on any atom is 0.251 e. The van der Waals surface area contributed by atoms with E-state index in [1.165, 1.54) is 11.1 Å². The van der Waals surface area contributed by atoms with Crippen LogP contribution in [0.5, 0.6) is 11.5 Å². The van der Waals surface area contributed by atoms with Gasteiger partial charge in [-0.15, -0.1) is 0 Å². The van der Waals surface area contributed by atoms with Crippen LogP contribution in [-0.2, 0) is 17.7 Å². The molecule has 2 aliphatic heterocycles. The van der Waals surface area contributed by atoms with Crippen LogP contribution in [0, 0.1) is 0 Å². The molecule has 0 saturated heterocycles. The summed E-state index contributed by atoms with van der Waals surface area (Å²) in [5, 5.41) is 7.68. The van der Waals surface area contributed by atoms with E-state index in [1.807, 2.05) is 22.9 Å². The molecule has 3 heterocycles. The standard InChI is InChI=1S/C22H21N3O4/c26-22(16-6-7-18-19(10-16)29-14-28-18)23-11-20-21-17(8-9-27-20)13-25(24-21)12-15-4-2-1-3-5-15/h1-7,10,13,20H,8-9,11-12,14H2,(H,23,26). The summed E-state index contributed by atoms with van der Waals surface area (Å²) in [5.41, 5.74) is 3.80. The highest BCUT2D eigenvalue weighted by atomic mass is 16.7. The fraction of sp³-hybridized carbons (Fsp3) is 0.273. The molecule has 0 radical (unpaired) electrons. The molecule has 1 amide bonds. The second-order valence-electron chi connectivity index (χ2n) is 7.11. The van der Waals surface area contributed by atoms with Crippen molar-refractivity contribution in [2.75, 3.05) is 19.9 Å². The number of rotatable bonds is 5. The molecule has 5 rings (SSSR count). The van der Waals surface area contributed by atoms with Crippen LogP contribution in [0.2, 0.25) is 0 Å². The Morgan fingerprint density at radius 1 is 1.14 bits per heavy atom. The van der Waals surface area contributed by atoms with Gasteiger partial charge in [-0.25, -0.2) is 0 Å². The molecule has 1 aromatic heterocycles. The third-order valence-corrected chi connectivity index (χ3v) is 5.14. The van der Waals surface area contributed by atoms with Crippen LogP contribution in [0.15, 0.2) is 54.7 Å². The first-order valence-corrected chi connectivity index (χ1v) is 9.66. The monoisotopic (exact) mass is 391 g/mol. The number of nitrogens with zero attached hydrogens (tertiary/aromatic N) is 2. The second-order valence-corrected chi connectivity index (χ2v) is 7.11. The predicted octanol–water partition coefficient (Wildman–Crippen LogP) is 2.70. The van der Waals surface area contributed by atoms with Gasteiger partial charge in [0.1, 0.15) is 6.10 Å². The minimum absolute atomic E-state index is 0.178. The molecule has 0 aliphatic carbocycles. The number of carbonyl (C=O) groups is 1. The summed E-state index contributed by atoms with van der Waals surface area (Å²) in [6.45, 7) is 1.88. The number of carbonyl (C=O) groups excluding carboxylic acids is 1. The Balaban J connectivity index is 1.26. The van der Waals surface area contributed by atoms with Crippen molar-refractivity contribution in [2.45, 2.75) is 19.1 Å². The molecule has 2 aromatic carbocycles. The number of benzene rings is 2. The van der Waals surface area contributed by atoms with Crippen molar-refractivity contribution in [3.63, 3.8) is 0 Å². The lowest BCUT2D eigenvalue weighted by atomic mass is 10.1. The number of hydrogen-bond acceptors (Lipinski definition) is 5. The van der Waals surface area contributed by atoms with Crippen molar-refractivity contribution >= 4 is 5.91 Å². The van der Waals surface area contributed by atoms with E-state index in [4.69, 9.17) is 19.3 Å². The van der Waals surface area contributed by atoms with Crippen LogP contribution in [0.1, 0.15) is 33.3 Å². The predicted molar refractivity (Wildman–Crippen MR) is 105 cm³/mol. The van der Waals surface area contributed by atoms with Crippen LogP contribution >= 0.6 is 0 Å². The average Bonchev–Trinajstić information content (AvgIpc) is 3.38. The minimum atomic E-state index is -0.256. The molecule has 1 N–H and O–H groups in total. The fourth-order valence-corrected chi connectivity index (χ4v) is 3.66. The largest absolute Gasteiger partial charge is 0.454 e. The number of ether oxygens (including phenoxy) is 3. The van der Waals surface area contributed by atoms with Gasteiger partial charge in [0.25, 0.3) is 5.91 Å². The van der Waals surface area contributed by atoms with Crippen molar-refractivity contribution in [1.82, 2.24) is 15.1 Å². The average molecular weight is 391 g/mol. The van der Waals surface area contributed by atoms with E-state index < -0.39 is 0 Å². The topological polar surface area (TPSA) is 74.6 Å². The Kier molecular flexibility index (Phi) is 4.65. The fourth-order valence-electron chi connectivity index (χ4n) is 3.66. The molecule has 29 heavy (non-hydrogen) atoms. The Hall–Kier alpha value is -3.32. The Morgan fingerprint density at radius 2 is 2.00 bits per heavy atom. The summed E-state index contributed by atoms with van der Waals surface area (Å²) in [6.07, 6.45) is 2.66. The van der Waals surface area contributed by atoms with Crippen LogP contribution in [-0.4, -0.2) is 35.6 Å². The Morgan fingerprint density at radius 3 is 2.90 bits per heavy atom. The van der Waals surface area contributed by atoms with E-state index in [2.05, 4.69) is 23.6 Å². The summed E-state index contributed by atoms with van der Waals surface area (Å²) >= 11 is 0. The molecular weight excluding hydrogens is 370 g/mol. The van der Waals surface area contributed by atoms with Crippen molar-refractivity contribution in [2.24, 2.45) is 0 Å². The number of hydrogen-bond donors (Lipinski definition) is 1. The van der Waals surface area contributed by atoms with E-state index in [9.17, 15) is 4.79 Å². The Labute approximate surface area is 168 Å². The van der Waals surface area contributed by atoms with Gasteiger partial charge in [0, 0.05) is 18.3 Å². The first-order chi connectivity index (χ1) is 14.3. The van der Waals surface area contributed by atoms with E-state index in [0.717, 1.165) is 12.1 Å². The Bertz CT molecular complexity index is 1030. The highest BCUT2D eigenvalue weighted by molar-refractivity contribution is 5.94. The van der Waals surface area contributed by atoms with Gasteiger partial charge in [-0.1, -0.05) is 30.3 Å². The summed E-state index contributed by atoms with van der Waals surface area (Å²) in [4.78, 5) is 12.6. The SMILES string of the molecule is O=C(NCC1OCCc2cn(Cc3ccccc3)nc21)c1ccc2c(c1)OCO2. The molecule has 7 nitrogen and oxygen atoms in total. The van der Waals surface area contributed by atoms with Gasteiger partial charge in [-0.3, -0.25) is 9.48 Å². The van der Waals surface area contributed by atoms with E-state index in [1.54, 1.807) is 18.2 Å². The van der Waals surface area contributed by atoms with E-state index in [0.29, 0.717) is 36.8 Å². The van der Waals surface area contributed by atoms with Crippen LogP contribution in [0.25, 0.3) is 0 Å².